The molecule has 1 aromatic carbocycles. The summed E-state index contributed by atoms with van der Waals surface area (Å²) in [4.78, 5) is 11.4. The molecule has 0 amide bonds. The summed E-state index contributed by atoms with van der Waals surface area (Å²) in [5.74, 6) is 0.137. The highest BCUT2D eigenvalue weighted by atomic mass is 16.5. The van der Waals surface area contributed by atoms with Crippen molar-refractivity contribution in [1.29, 1.82) is 0 Å². The summed E-state index contributed by atoms with van der Waals surface area (Å²) in [6.07, 6.45) is 0.474. The van der Waals surface area contributed by atoms with Gasteiger partial charge in [0.25, 0.3) is 0 Å². The highest BCUT2D eigenvalue weighted by Crippen LogP contribution is 2.05. The van der Waals surface area contributed by atoms with Crippen LogP contribution in [-0.2, 0) is 16.0 Å². The number of benzene rings is 1. The van der Waals surface area contributed by atoms with E-state index in [0.29, 0.717) is 13.0 Å². The number of hydrogen-bond donors (Lipinski definition) is 0. The third-order valence-electron chi connectivity index (χ3n) is 1.95. The fraction of sp³-hybridized carbons (Fsp3) is 0.417. The topological polar surface area (TPSA) is 26.3 Å². The number of Topliss-reactive ketones (excluding diaryl/α,β-unsaturated/α-hetero) is 1. The van der Waals surface area contributed by atoms with Crippen LogP contribution in [-0.4, -0.2) is 19.0 Å². The highest BCUT2D eigenvalue weighted by Gasteiger charge is 2.03. The van der Waals surface area contributed by atoms with E-state index in [9.17, 15) is 4.79 Å². The quantitative estimate of drug-likeness (QED) is 0.714. The molecule has 0 aliphatic rings. The summed E-state index contributed by atoms with van der Waals surface area (Å²) in [6.45, 7) is 4.74. The Morgan fingerprint density at radius 1 is 1.43 bits per heavy atom. The van der Waals surface area contributed by atoms with Crippen LogP contribution >= 0.6 is 0 Å². The molecule has 1 aromatic rings. The number of ketones is 1. The summed E-state index contributed by atoms with van der Waals surface area (Å²) < 4.78 is 5.05. The zero-order chi connectivity index (χ0) is 10.4. The summed E-state index contributed by atoms with van der Waals surface area (Å²) in [6, 6.07) is 8.00. The smallest absolute Gasteiger partial charge is 0.162 e. The van der Waals surface area contributed by atoms with Gasteiger partial charge in [0.1, 0.15) is 6.61 Å². The van der Waals surface area contributed by atoms with Crippen molar-refractivity contribution in [2.24, 2.45) is 0 Å². The number of rotatable bonds is 5. The van der Waals surface area contributed by atoms with Crippen LogP contribution in [0.2, 0.25) is 0 Å². The molecule has 0 bridgehead atoms. The first-order chi connectivity index (χ1) is 6.72. The molecule has 0 unspecified atom stereocenters. The molecule has 0 atom stereocenters. The standard InChI is InChI=1S/C12H16O2/c1-3-14-9-12(13)8-11-6-4-5-10(2)7-11/h4-7H,3,8-9H2,1-2H3. The first kappa shape index (κ1) is 10.9. The van der Waals surface area contributed by atoms with Crippen molar-refractivity contribution in [3.63, 3.8) is 0 Å². The zero-order valence-electron chi connectivity index (χ0n) is 8.75. The third-order valence-corrected chi connectivity index (χ3v) is 1.95. The lowest BCUT2D eigenvalue weighted by atomic mass is 10.1. The minimum Gasteiger partial charge on any atom is -0.374 e. The van der Waals surface area contributed by atoms with Crippen molar-refractivity contribution in [2.75, 3.05) is 13.2 Å². The maximum atomic E-state index is 11.4. The van der Waals surface area contributed by atoms with Crippen molar-refractivity contribution in [2.45, 2.75) is 20.3 Å². The molecule has 0 radical (unpaired) electrons. The molecule has 76 valence electrons. The van der Waals surface area contributed by atoms with Gasteiger partial charge in [0, 0.05) is 13.0 Å². The minimum absolute atomic E-state index is 0.137. The SMILES string of the molecule is CCOCC(=O)Cc1cccc(C)c1. The maximum Gasteiger partial charge on any atom is 0.162 e. The predicted octanol–water partition coefficient (Wildman–Crippen LogP) is 2.14. The monoisotopic (exact) mass is 192 g/mol. The summed E-state index contributed by atoms with van der Waals surface area (Å²) in [5.41, 5.74) is 2.25. The Morgan fingerprint density at radius 2 is 2.21 bits per heavy atom. The zero-order valence-corrected chi connectivity index (χ0v) is 8.75. The molecule has 0 aliphatic heterocycles. The molecule has 0 saturated carbocycles. The summed E-state index contributed by atoms with van der Waals surface area (Å²) >= 11 is 0. The summed E-state index contributed by atoms with van der Waals surface area (Å²) in [5, 5.41) is 0. The van der Waals surface area contributed by atoms with Crippen molar-refractivity contribution in [1.82, 2.24) is 0 Å². The van der Waals surface area contributed by atoms with Crippen LogP contribution in [0.25, 0.3) is 0 Å². The van der Waals surface area contributed by atoms with Crippen LogP contribution in [0.4, 0.5) is 0 Å². The van der Waals surface area contributed by atoms with E-state index in [1.165, 1.54) is 5.56 Å². The molecule has 2 heteroatoms. The molecule has 0 aromatic heterocycles. The Labute approximate surface area is 84.9 Å². The molecule has 0 saturated heterocycles. The first-order valence-corrected chi connectivity index (χ1v) is 4.87. The average Bonchev–Trinajstić information content (AvgIpc) is 2.15. The normalized spacial score (nSPS) is 10.1. The van der Waals surface area contributed by atoms with Gasteiger partial charge in [-0.05, 0) is 19.4 Å². The molecule has 0 aliphatic carbocycles. The van der Waals surface area contributed by atoms with Gasteiger partial charge in [0.2, 0.25) is 0 Å². The minimum atomic E-state index is 0.137. The molecule has 0 fully saturated rings. The van der Waals surface area contributed by atoms with Gasteiger partial charge in [0.15, 0.2) is 5.78 Å². The lowest BCUT2D eigenvalue weighted by molar-refractivity contribution is -0.122. The van der Waals surface area contributed by atoms with E-state index in [2.05, 4.69) is 0 Å². The number of carbonyl (C=O) groups excluding carboxylic acids is 1. The number of ether oxygens (including phenoxy) is 1. The van der Waals surface area contributed by atoms with Gasteiger partial charge in [-0.25, -0.2) is 0 Å². The van der Waals surface area contributed by atoms with Gasteiger partial charge >= 0.3 is 0 Å². The molecule has 14 heavy (non-hydrogen) atoms. The van der Waals surface area contributed by atoms with E-state index in [-0.39, 0.29) is 12.4 Å². The van der Waals surface area contributed by atoms with Crippen LogP contribution in [0.1, 0.15) is 18.1 Å². The fourth-order valence-corrected chi connectivity index (χ4v) is 1.32. The first-order valence-electron chi connectivity index (χ1n) is 4.87. The fourth-order valence-electron chi connectivity index (χ4n) is 1.32. The van der Waals surface area contributed by atoms with E-state index >= 15 is 0 Å². The van der Waals surface area contributed by atoms with Gasteiger partial charge in [-0.1, -0.05) is 29.8 Å². The second kappa shape index (κ2) is 5.55. The molecule has 1 rings (SSSR count). The van der Waals surface area contributed by atoms with Crippen molar-refractivity contribution in [3.8, 4) is 0 Å². The van der Waals surface area contributed by atoms with Gasteiger partial charge in [-0.3, -0.25) is 4.79 Å². The number of hydrogen-bond acceptors (Lipinski definition) is 2. The number of carbonyl (C=O) groups is 1. The van der Waals surface area contributed by atoms with Crippen LogP contribution in [0, 0.1) is 6.92 Å². The van der Waals surface area contributed by atoms with Gasteiger partial charge < -0.3 is 4.74 Å². The lowest BCUT2D eigenvalue weighted by Crippen LogP contribution is -2.11. The summed E-state index contributed by atoms with van der Waals surface area (Å²) in [7, 11) is 0. The molecule has 2 nitrogen and oxygen atoms in total. The van der Waals surface area contributed by atoms with Crippen LogP contribution < -0.4 is 0 Å². The predicted molar refractivity (Wildman–Crippen MR) is 56.4 cm³/mol. The van der Waals surface area contributed by atoms with E-state index in [0.717, 1.165) is 5.56 Å². The van der Waals surface area contributed by atoms with Crippen LogP contribution in [0.15, 0.2) is 24.3 Å². The van der Waals surface area contributed by atoms with Crippen LogP contribution in [0.5, 0.6) is 0 Å². The maximum absolute atomic E-state index is 11.4. The van der Waals surface area contributed by atoms with E-state index < -0.39 is 0 Å². The molecule has 0 spiro atoms. The Bertz CT molecular complexity index is 305. The Kier molecular flexibility index (Phi) is 4.33. The third kappa shape index (κ3) is 3.71. The number of aryl methyl sites for hydroxylation is 1. The molecule has 0 heterocycles. The van der Waals surface area contributed by atoms with Gasteiger partial charge in [-0.2, -0.15) is 0 Å². The van der Waals surface area contributed by atoms with Crippen molar-refractivity contribution in [3.05, 3.63) is 35.4 Å². The molecular weight excluding hydrogens is 176 g/mol. The average molecular weight is 192 g/mol. The second-order valence-electron chi connectivity index (χ2n) is 3.34. The Balaban J connectivity index is 2.47. The molecular formula is C12H16O2. The lowest BCUT2D eigenvalue weighted by Gasteiger charge is -2.02. The highest BCUT2D eigenvalue weighted by molar-refractivity contribution is 5.82. The van der Waals surface area contributed by atoms with Gasteiger partial charge in [0.05, 0.1) is 0 Å². The van der Waals surface area contributed by atoms with Gasteiger partial charge in [-0.15, -0.1) is 0 Å². The van der Waals surface area contributed by atoms with Crippen molar-refractivity contribution >= 4 is 5.78 Å². The second-order valence-corrected chi connectivity index (χ2v) is 3.34. The van der Waals surface area contributed by atoms with E-state index in [4.69, 9.17) is 4.74 Å². The Morgan fingerprint density at radius 3 is 2.86 bits per heavy atom. The van der Waals surface area contributed by atoms with Crippen molar-refractivity contribution < 1.29 is 9.53 Å². The Hall–Kier alpha value is -1.15. The van der Waals surface area contributed by atoms with Crippen LogP contribution in [0.3, 0.4) is 0 Å². The molecule has 0 N–H and O–H groups in total. The largest absolute Gasteiger partial charge is 0.374 e. The van der Waals surface area contributed by atoms with E-state index in [1.807, 2.05) is 38.1 Å². The van der Waals surface area contributed by atoms with E-state index in [1.54, 1.807) is 0 Å².